The predicted molar refractivity (Wildman–Crippen MR) is 46.6 cm³/mol. The Morgan fingerprint density at radius 2 is 2.33 bits per heavy atom. The summed E-state index contributed by atoms with van der Waals surface area (Å²) in [4.78, 5) is 11.1. The van der Waals surface area contributed by atoms with E-state index in [1.54, 1.807) is 0 Å². The van der Waals surface area contributed by atoms with Crippen LogP contribution >= 0.6 is 0 Å². The third kappa shape index (κ3) is 2.48. The molecule has 1 fully saturated rings. The number of ether oxygens (including phenoxy) is 1. The molecular formula is C9H17NO2. The minimum atomic E-state index is -0.0974. The van der Waals surface area contributed by atoms with E-state index < -0.39 is 0 Å². The molecule has 0 aromatic carbocycles. The highest BCUT2D eigenvalue weighted by molar-refractivity contribution is 5.69. The lowest BCUT2D eigenvalue weighted by atomic mass is 10.0. The van der Waals surface area contributed by atoms with Gasteiger partial charge in [0.2, 0.25) is 0 Å². The molecule has 0 aromatic rings. The van der Waals surface area contributed by atoms with Gasteiger partial charge in [-0.25, -0.2) is 0 Å². The summed E-state index contributed by atoms with van der Waals surface area (Å²) in [7, 11) is 0. The van der Waals surface area contributed by atoms with E-state index in [0.717, 1.165) is 19.3 Å². The summed E-state index contributed by atoms with van der Waals surface area (Å²) >= 11 is 0. The van der Waals surface area contributed by atoms with Crippen molar-refractivity contribution in [1.29, 1.82) is 0 Å². The highest BCUT2D eigenvalue weighted by Gasteiger charge is 2.26. The van der Waals surface area contributed by atoms with Gasteiger partial charge in [-0.15, -0.1) is 0 Å². The molecule has 2 unspecified atom stereocenters. The van der Waals surface area contributed by atoms with E-state index in [1.807, 2.05) is 6.92 Å². The highest BCUT2D eigenvalue weighted by atomic mass is 16.5. The van der Waals surface area contributed by atoms with Gasteiger partial charge in [0.1, 0.15) is 0 Å². The fourth-order valence-corrected chi connectivity index (χ4v) is 1.75. The second-order valence-corrected chi connectivity index (χ2v) is 3.36. The Kier molecular flexibility index (Phi) is 3.53. The lowest BCUT2D eigenvalue weighted by Gasteiger charge is -2.13. The van der Waals surface area contributed by atoms with Crippen molar-refractivity contribution in [2.45, 2.75) is 38.6 Å². The zero-order chi connectivity index (χ0) is 8.97. The van der Waals surface area contributed by atoms with Gasteiger partial charge in [0, 0.05) is 12.5 Å². The van der Waals surface area contributed by atoms with Crippen LogP contribution in [0.1, 0.15) is 32.6 Å². The van der Waals surface area contributed by atoms with Crippen LogP contribution in [0.4, 0.5) is 0 Å². The first-order chi connectivity index (χ1) is 5.74. The van der Waals surface area contributed by atoms with E-state index in [-0.39, 0.29) is 12.0 Å². The number of carbonyl (C=O) groups excluding carboxylic acids is 1. The van der Waals surface area contributed by atoms with E-state index in [2.05, 4.69) is 0 Å². The molecule has 1 aliphatic rings. The van der Waals surface area contributed by atoms with Gasteiger partial charge < -0.3 is 10.5 Å². The maximum Gasteiger partial charge on any atom is 0.306 e. The third-order valence-corrected chi connectivity index (χ3v) is 2.45. The van der Waals surface area contributed by atoms with Crippen molar-refractivity contribution < 1.29 is 9.53 Å². The van der Waals surface area contributed by atoms with E-state index in [4.69, 9.17) is 10.5 Å². The first kappa shape index (κ1) is 9.52. The van der Waals surface area contributed by atoms with Gasteiger partial charge in [0.25, 0.3) is 0 Å². The number of esters is 1. The zero-order valence-corrected chi connectivity index (χ0v) is 7.58. The molecule has 0 bridgehead atoms. The average molecular weight is 171 g/mol. The van der Waals surface area contributed by atoms with E-state index in [9.17, 15) is 4.79 Å². The van der Waals surface area contributed by atoms with Crippen LogP contribution in [0, 0.1) is 5.92 Å². The smallest absolute Gasteiger partial charge is 0.306 e. The molecule has 2 atom stereocenters. The van der Waals surface area contributed by atoms with Gasteiger partial charge in [-0.3, -0.25) is 4.79 Å². The first-order valence-corrected chi connectivity index (χ1v) is 4.65. The van der Waals surface area contributed by atoms with Crippen LogP contribution in [0.2, 0.25) is 0 Å². The first-order valence-electron chi connectivity index (χ1n) is 4.65. The quantitative estimate of drug-likeness (QED) is 0.646. The lowest BCUT2D eigenvalue weighted by Crippen LogP contribution is -2.26. The SMILES string of the molecule is CCOC(=O)CC1CCCC1N. The normalized spacial score (nSPS) is 28.8. The summed E-state index contributed by atoms with van der Waals surface area (Å²) in [6, 6.07) is 0.217. The molecule has 70 valence electrons. The summed E-state index contributed by atoms with van der Waals surface area (Å²) in [5, 5.41) is 0. The number of nitrogens with two attached hydrogens (primary N) is 1. The molecule has 0 aromatic heterocycles. The van der Waals surface area contributed by atoms with Gasteiger partial charge >= 0.3 is 5.97 Å². The maximum absolute atomic E-state index is 11.1. The van der Waals surface area contributed by atoms with Crippen LogP contribution in [0.3, 0.4) is 0 Å². The van der Waals surface area contributed by atoms with E-state index in [0.29, 0.717) is 18.9 Å². The van der Waals surface area contributed by atoms with Crippen molar-refractivity contribution in [3.05, 3.63) is 0 Å². The Hall–Kier alpha value is -0.570. The summed E-state index contributed by atoms with van der Waals surface area (Å²) in [6.07, 6.45) is 3.81. The maximum atomic E-state index is 11.1. The molecule has 2 N–H and O–H groups in total. The molecular weight excluding hydrogens is 154 g/mol. The molecule has 0 saturated heterocycles. The Morgan fingerprint density at radius 1 is 1.58 bits per heavy atom. The largest absolute Gasteiger partial charge is 0.466 e. The molecule has 1 aliphatic carbocycles. The number of hydrogen-bond acceptors (Lipinski definition) is 3. The fourth-order valence-electron chi connectivity index (χ4n) is 1.75. The third-order valence-electron chi connectivity index (χ3n) is 2.45. The van der Waals surface area contributed by atoms with Gasteiger partial charge in [0.05, 0.1) is 6.61 Å². The molecule has 0 radical (unpaired) electrons. The molecule has 0 amide bonds. The van der Waals surface area contributed by atoms with Crippen LogP contribution in [0.25, 0.3) is 0 Å². The van der Waals surface area contributed by atoms with Gasteiger partial charge in [-0.1, -0.05) is 6.42 Å². The average Bonchev–Trinajstić information content (AvgIpc) is 2.37. The van der Waals surface area contributed by atoms with Crippen LogP contribution < -0.4 is 5.73 Å². The number of rotatable bonds is 3. The monoisotopic (exact) mass is 171 g/mol. The van der Waals surface area contributed by atoms with Crippen molar-refractivity contribution in [3.8, 4) is 0 Å². The second kappa shape index (κ2) is 4.45. The topological polar surface area (TPSA) is 52.3 Å². The Labute approximate surface area is 73.3 Å². The molecule has 3 heteroatoms. The Bertz CT molecular complexity index is 159. The molecule has 1 saturated carbocycles. The summed E-state index contributed by atoms with van der Waals surface area (Å²) < 4.78 is 4.86. The summed E-state index contributed by atoms with van der Waals surface area (Å²) in [5.41, 5.74) is 5.82. The molecule has 0 aliphatic heterocycles. The molecule has 12 heavy (non-hydrogen) atoms. The van der Waals surface area contributed by atoms with Crippen molar-refractivity contribution in [3.63, 3.8) is 0 Å². The van der Waals surface area contributed by atoms with Crippen molar-refractivity contribution in [1.82, 2.24) is 0 Å². The molecule has 1 rings (SSSR count). The fraction of sp³-hybridized carbons (Fsp3) is 0.889. The minimum absolute atomic E-state index is 0.0974. The number of hydrogen-bond donors (Lipinski definition) is 1. The number of carbonyl (C=O) groups is 1. The standard InChI is InChI=1S/C9H17NO2/c1-2-12-9(11)6-7-4-3-5-8(7)10/h7-8H,2-6,10H2,1H3. The highest BCUT2D eigenvalue weighted by Crippen LogP contribution is 2.26. The van der Waals surface area contributed by atoms with Crippen LogP contribution in [0.5, 0.6) is 0 Å². The van der Waals surface area contributed by atoms with Crippen molar-refractivity contribution >= 4 is 5.97 Å². The van der Waals surface area contributed by atoms with Crippen LogP contribution in [-0.2, 0) is 9.53 Å². The zero-order valence-electron chi connectivity index (χ0n) is 7.58. The van der Waals surface area contributed by atoms with Gasteiger partial charge in [-0.05, 0) is 25.7 Å². The molecule has 3 nitrogen and oxygen atoms in total. The van der Waals surface area contributed by atoms with Crippen molar-refractivity contribution in [2.24, 2.45) is 11.7 Å². The lowest BCUT2D eigenvalue weighted by molar-refractivity contribution is -0.144. The minimum Gasteiger partial charge on any atom is -0.466 e. The molecule has 0 heterocycles. The van der Waals surface area contributed by atoms with E-state index >= 15 is 0 Å². The molecule has 0 spiro atoms. The van der Waals surface area contributed by atoms with E-state index in [1.165, 1.54) is 0 Å². The van der Waals surface area contributed by atoms with Crippen LogP contribution in [0.15, 0.2) is 0 Å². The van der Waals surface area contributed by atoms with Gasteiger partial charge in [-0.2, -0.15) is 0 Å². The second-order valence-electron chi connectivity index (χ2n) is 3.36. The van der Waals surface area contributed by atoms with Crippen LogP contribution in [-0.4, -0.2) is 18.6 Å². The van der Waals surface area contributed by atoms with Gasteiger partial charge in [0.15, 0.2) is 0 Å². The van der Waals surface area contributed by atoms with Crippen molar-refractivity contribution in [2.75, 3.05) is 6.61 Å². The predicted octanol–water partition coefficient (Wildman–Crippen LogP) is 1.07. The Morgan fingerprint density at radius 3 is 2.83 bits per heavy atom. The Balaban J connectivity index is 2.25. The summed E-state index contributed by atoms with van der Waals surface area (Å²) in [5.74, 6) is 0.267. The summed E-state index contributed by atoms with van der Waals surface area (Å²) in [6.45, 7) is 2.30.